The Morgan fingerprint density at radius 2 is 1.77 bits per heavy atom. The fourth-order valence-electron chi connectivity index (χ4n) is 4.10. The first-order valence-electron chi connectivity index (χ1n) is 10.1. The van der Waals surface area contributed by atoms with Gasteiger partial charge in [0.2, 0.25) is 0 Å². The number of aromatic nitrogens is 2. The number of nitrogens with one attached hydrogen (secondary N) is 1. The van der Waals surface area contributed by atoms with Gasteiger partial charge in [0, 0.05) is 30.0 Å². The van der Waals surface area contributed by atoms with Crippen molar-refractivity contribution in [2.24, 2.45) is 0 Å². The van der Waals surface area contributed by atoms with E-state index in [0.717, 1.165) is 22.6 Å². The van der Waals surface area contributed by atoms with Gasteiger partial charge in [-0.15, -0.1) is 0 Å². The van der Waals surface area contributed by atoms with Crippen LogP contribution >= 0.6 is 12.2 Å². The van der Waals surface area contributed by atoms with Gasteiger partial charge in [0.15, 0.2) is 5.11 Å². The van der Waals surface area contributed by atoms with Crippen LogP contribution in [-0.4, -0.2) is 14.7 Å². The van der Waals surface area contributed by atoms with E-state index in [1.165, 1.54) is 6.07 Å². The second-order valence-electron chi connectivity index (χ2n) is 7.62. The Morgan fingerprint density at radius 1 is 0.968 bits per heavy atom. The van der Waals surface area contributed by atoms with Crippen molar-refractivity contribution in [2.75, 3.05) is 4.90 Å². The number of thiocarbonyl (C=S) groups is 1. The number of hydrogen-bond donors (Lipinski definition) is 1. The average Bonchev–Trinajstić information content (AvgIpc) is 3.41. The number of benzene rings is 2. The van der Waals surface area contributed by atoms with E-state index in [9.17, 15) is 4.39 Å². The molecule has 4 nitrogen and oxygen atoms in total. The van der Waals surface area contributed by atoms with Gasteiger partial charge in [-0.05, 0) is 78.8 Å². The maximum Gasteiger partial charge on any atom is 0.174 e. The van der Waals surface area contributed by atoms with Gasteiger partial charge in [-0.2, -0.15) is 0 Å². The third kappa shape index (κ3) is 3.59. The summed E-state index contributed by atoms with van der Waals surface area (Å²) in [5, 5.41) is 4.04. The van der Waals surface area contributed by atoms with Crippen LogP contribution in [0.5, 0.6) is 0 Å². The molecule has 0 spiro atoms. The number of aryl methyl sites for hydroxylation is 1. The second-order valence-corrected chi connectivity index (χ2v) is 8.00. The second kappa shape index (κ2) is 7.96. The van der Waals surface area contributed by atoms with E-state index < -0.39 is 0 Å². The summed E-state index contributed by atoms with van der Waals surface area (Å²) >= 11 is 5.74. The van der Waals surface area contributed by atoms with Gasteiger partial charge < -0.3 is 14.8 Å². The third-order valence-corrected chi connectivity index (χ3v) is 5.94. The van der Waals surface area contributed by atoms with E-state index in [1.807, 2.05) is 42.5 Å². The van der Waals surface area contributed by atoms with Crippen molar-refractivity contribution in [1.29, 1.82) is 0 Å². The third-order valence-electron chi connectivity index (χ3n) is 5.63. The van der Waals surface area contributed by atoms with Crippen LogP contribution in [0.25, 0.3) is 5.69 Å². The minimum Gasteiger partial charge on any atom is -0.351 e. The summed E-state index contributed by atoms with van der Waals surface area (Å²) < 4.78 is 16.1. The number of halogens is 1. The van der Waals surface area contributed by atoms with E-state index in [1.54, 1.807) is 19.2 Å². The highest BCUT2D eigenvalue weighted by molar-refractivity contribution is 7.80. The lowest BCUT2D eigenvalue weighted by Gasteiger charge is -2.27. The van der Waals surface area contributed by atoms with E-state index in [-0.39, 0.29) is 17.9 Å². The first-order valence-corrected chi connectivity index (χ1v) is 10.5. The molecule has 6 heteroatoms. The van der Waals surface area contributed by atoms with Gasteiger partial charge in [-0.3, -0.25) is 4.98 Å². The Morgan fingerprint density at radius 3 is 2.52 bits per heavy atom. The van der Waals surface area contributed by atoms with Crippen molar-refractivity contribution in [3.05, 3.63) is 114 Å². The normalized spacial score (nSPS) is 18.3. The average molecular weight is 429 g/mol. The van der Waals surface area contributed by atoms with Gasteiger partial charge in [-0.1, -0.05) is 24.3 Å². The number of rotatable bonds is 4. The first-order chi connectivity index (χ1) is 15.1. The van der Waals surface area contributed by atoms with E-state index in [2.05, 4.69) is 50.4 Å². The smallest absolute Gasteiger partial charge is 0.174 e. The van der Waals surface area contributed by atoms with Crippen LogP contribution in [0.3, 0.4) is 0 Å². The van der Waals surface area contributed by atoms with E-state index >= 15 is 0 Å². The van der Waals surface area contributed by atoms with Crippen molar-refractivity contribution in [3.8, 4) is 5.69 Å². The van der Waals surface area contributed by atoms with E-state index in [0.29, 0.717) is 10.7 Å². The van der Waals surface area contributed by atoms with Crippen LogP contribution in [0.2, 0.25) is 0 Å². The SMILES string of the molecule is Cc1cc(N2C(=S)N[C@@H](c3ccccn3)[C@@H]2c2ccn(-c3ccccc3)c2)ccc1F. The van der Waals surface area contributed by atoms with Crippen molar-refractivity contribution in [3.63, 3.8) is 0 Å². The predicted molar refractivity (Wildman–Crippen MR) is 125 cm³/mol. The number of anilines is 1. The summed E-state index contributed by atoms with van der Waals surface area (Å²) in [6.07, 6.45) is 5.96. The fraction of sp³-hybridized carbons (Fsp3) is 0.120. The highest BCUT2D eigenvalue weighted by Gasteiger charge is 2.41. The standard InChI is InChI=1S/C25H21FN4S/c1-17-15-20(10-11-21(17)26)30-24(23(28-25(30)31)22-9-5-6-13-27-22)18-12-14-29(16-18)19-7-3-2-4-8-19/h2-16,23-24H,1H3,(H,28,31)/t23-,24-/m0/s1. The Labute approximate surface area is 186 Å². The lowest BCUT2D eigenvalue weighted by Crippen LogP contribution is -2.29. The van der Waals surface area contributed by atoms with Crippen LogP contribution in [-0.2, 0) is 0 Å². The van der Waals surface area contributed by atoms with Crippen LogP contribution in [0.15, 0.2) is 91.4 Å². The molecule has 0 saturated carbocycles. The Hall–Kier alpha value is -3.51. The molecule has 1 aliphatic heterocycles. The van der Waals surface area contributed by atoms with Crippen LogP contribution in [0.1, 0.15) is 28.9 Å². The summed E-state index contributed by atoms with van der Waals surface area (Å²) in [5.41, 5.74) is 4.52. The number of hydrogen-bond acceptors (Lipinski definition) is 2. The molecule has 2 aromatic heterocycles. The maximum absolute atomic E-state index is 14.0. The molecule has 1 fully saturated rings. The molecule has 1 aliphatic rings. The molecule has 31 heavy (non-hydrogen) atoms. The molecule has 0 radical (unpaired) electrons. The zero-order chi connectivity index (χ0) is 21.4. The molecule has 154 valence electrons. The van der Waals surface area contributed by atoms with Gasteiger partial charge in [0.25, 0.3) is 0 Å². The molecule has 5 rings (SSSR count). The van der Waals surface area contributed by atoms with Gasteiger partial charge in [0.05, 0.1) is 17.8 Å². The monoisotopic (exact) mass is 428 g/mol. The number of pyridine rings is 1. The lowest BCUT2D eigenvalue weighted by atomic mass is 9.98. The Kier molecular flexibility index (Phi) is 5.00. The Balaban J connectivity index is 1.61. The molecule has 0 unspecified atom stereocenters. The quantitative estimate of drug-likeness (QED) is 0.435. The van der Waals surface area contributed by atoms with E-state index in [4.69, 9.17) is 12.2 Å². The summed E-state index contributed by atoms with van der Waals surface area (Å²) in [7, 11) is 0. The largest absolute Gasteiger partial charge is 0.351 e. The number of para-hydroxylation sites is 1. The predicted octanol–water partition coefficient (Wildman–Crippen LogP) is 5.50. The van der Waals surface area contributed by atoms with Gasteiger partial charge in [-0.25, -0.2) is 4.39 Å². The molecule has 1 N–H and O–H groups in total. The summed E-state index contributed by atoms with van der Waals surface area (Å²) in [5.74, 6) is -0.227. The van der Waals surface area contributed by atoms with Crippen molar-refractivity contribution >= 4 is 23.0 Å². The molecule has 3 heterocycles. The summed E-state index contributed by atoms with van der Waals surface area (Å²) in [4.78, 5) is 6.64. The van der Waals surface area contributed by atoms with Crippen molar-refractivity contribution < 1.29 is 4.39 Å². The van der Waals surface area contributed by atoms with Crippen molar-refractivity contribution in [2.45, 2.75) is 19.0 Å². The van der Waals surface area contributed by atoms with Crippen LogP contribution < -0.4 is 10.2 Å². The molecule has 1 saturated heterocycles. The summed E-state index contributed by atoms with van der Waals surface area (Å²) in [6, 6.07) is 23.0. The molecule has 4 aromatic rings. The highest BCUT2D eigenvalue weighted by Crippen LogP contribution is 2.42. The van der Waals surface area contributed by atoms with Crippen LogP contribution in [0, 0.1) is 12.7 Å². The van der Waals surface area contributed by atoms with Crippen LogP contribution in [0.4, 0.5) is 10.1 Å². The fourth-order valence-corrected chi connectivity index (χ4v) is 4.45. The molecule has 0 amide bonds. The Bertz CT molecular complexity index is 1220. The lowest BCUT2D eigenvalue weighted by molar-refractivity contribution is 0.567. The summed E-state index contributed by atoms with van der Waals surface area (Å²) in [6.45, 7) is 1.77. The molecule has 0 aliphatic carbocycles. The zero-order valence-electron chi connectivity index (χ0n) is 16.9. The molecular formula is C25H21FN4S. The maximum atomic E-state index is 14.0. The number of nitrogens with zero attached hydrogens (tertiary/aromatic N) is 3. The highest BCUT2D eigenvalue weighted by atomic mass is 32.1. The molecular weight excluding hydrogens is 407 g/mol. The minimum absolute atomic E-state index is 0.128. The van der Waals surface area contributed by atoms with Gasteiger partial charge in [0.1, 0.15) is 5.82 Å². The molecule has 0 bridgehead atoms. The minimum atomic E-state index is -0.227. The zero-order valence-corrected chi connectivity index (χ0v) is 17.8. The van der Waals surface area contributed by atoms with Gasteiger partial charge >= 0.3 is 0 Å². The molecule has 2 atom stereocenters. The first kappa shape index (κ1) is 19.5. The molecule has 2 aromatic carbocycles. The van der Waals surface area contributed by atoms with Crippen molar-refractivity contribution in [1.82, 2.24) is 14.9 Å². The topological polar surface area (TPSA) is 33.1 Å².